The van der Waals surface area contributed by atoms with Crippen LogP contribution >= 0.6 is 0 Å². The van der Waals surface area contributed by atoms with Gasteiger partial charge >= 0.3 is 0 Å². The zero-order valence-electron chi connectivity index (χ0n) is 41.0. The van der Waals surface area contributed by atoms with Gasteiger partial charge < -0.3 is 10.1 Å². The highest BCUT2D eigenvalue weighted by molar-refractivity contribution is 6.05. The van der Waals surface area contributed by atoms with E-state index in [0.717, 1.165) is 56.4 Å². The molecule has 0 bridgehead atoms. The molecule has 1 N–H and O–H groups in total. The van der Waals surface area contributed by atoms with Crippen LogP contribution in [0.3, 0.4) is 0 Å². The van der Waals surface area contributed by atoms with Crippen molar-refractivity contribution in [2.75, 3.05) is 0 Å². The van der Waals surface area contributed by atoms with Crippen molar-refractivity contribution in [1.82, 2.24) is 5.32 Å². The molecule has 0 radical (unpaired) electrons. The van der Waals surface area contributed by atoms with Gasteiger partial charge in [-0.15, -0.1) is 0 Å². The molecule has 0 amide bonds. The van der Waals surface area contributed by atoms with Gasteiger partial charge in [0.1, 0.15) is 17.3 Å². The molecule has 2 aliphatic heterocycles. The molecule has 1 unspecified atom stereocenters. The minimum absolute atomic E-state index is 0.129. The topological polar surface area (TPSA) is 33.6 Å². The van der Waals surface area contributed by atoms with Gasteiger partial charge in [0.2, 0.25) is 0 Å². The van der Waals surface area contributed by atoms with Gasteiger partial charge in [0.15, 0.2) is 0 Å². The molecule has 11 aromatic carbocycles. The number of nitrogens with one attached hydrogen (secondary N) is 1. The van der Waals surface area contributed by atoms with Crippen molar-refractivity contribution in [3.8, 4) is 56.0 Å². The Hall–Kier alpha value is -9.57. The van der Waals surface area contributed by atoms with E-state index in [4.69, 9.17) is 9.73 Å². The van der Waals surface area contributed by atoms with E-state index >= 15 is 0 Å². The summed E-state index contributed by atoms with van der Waals surface area (Å²) in [4.78, 5) is 5.51. The number of amidine groups is 1. The SMILES string of the molecule is C1=C(c2ccccc2-c2ccc3c(c2)-c2ccccc2C32c3ccccc3C3(c4ccccc4Oc4ccccc43)c3ccccc32)N=C(c2ccc(-c3ccccc3)cc2)NC1c1ccc(-c2ccccc2)cc1. The normalized spacial score (nSPS) is 15.7. The number of rotatable bonds is 6. The largest absolute Gasteiger partial charge is 0.457 e. The van der Waals surface area contributed by atoms with Gasteiger partial charge in [0.25, 0.3) is 0 Å². The molecule has 2 heterocycles. The van der Waals surface area contributed by atoms with Gasteiger partial charge in [0, 0.05) is 22.3 Å². The average molecular weight is 957 g/mol. The van der Waals surface area contributed by atoms with Crippen LogP contribution in [0.4, 0.5) is 0 Å². The third kappa shape index (κ3) is 6.44. The predicted molar refractivity (Wildman–Crippen MR) is 305 cm³/mol. The van der Waals surface area contributed by atoms with Gasteiger partial charge in [-0.1, -0.05) is 255 Å². The third-order valence-electron chi connectivity index (χ3n) is 16.3. The lowest BCUT2D eigenvalue weighted by atomic mass is 9.51. The highest BCUT2D eigenvalue weighted by Gasteiger charge is 2.58. The highest BCUT2D eigenvalue weighted by Crippen LogP contribution is 2.67. The fourth-order valence-electron chi connectivity index (χ4n) is 13.1. The molecule has 15 rings (SSSR count). The van der Waals surface area contributed by atoms with Crippen LogP contribution in [0.15, 0.2) is 284 Å². The molecule has 3 nitrogen and oxygen atoms in total. The summed E-state index contributed by atoms with van der Waals surface area (Å²) in [6.07, 6.45) is 2.30. The summed E-state index contributed by atoms with van der Waals surface area (Å²) in [7, 11) is 0. The zero-order chi connectivity index (χ0) is 49.5. The minimum atomic E-state index is -0.617. The lowest BCUT2D eigenvalue weighted by Crippen LogP contribution is -2.45. The Labute approximate surface area is 437 Å². The van der Waals surface area contributed by atoms with Crippen molar-refractivity contribution in [2.24, 2.45) is 4.99 Å². The second kappa shape index (κ2) is 17.0. The molecule has 0 saturated carbocycles. The maximum absolute atomic E-state index is 6.75. The number of para-hydroxylation sites is 2. The van der Waals surface area contributed by atoms with E-state index in [-0.39, 0.29) is 6.04 Å². The molecule has 2 aliphatic carbocycles. The fraction of sp³-hybridized carbons (Fsp3) is 0.0417. The lowest BCUT2D eigenvalue weighted by molar-refractivity contribution is 0.429. The summed E-state index contributed by atoms with van der Waals surface area (Å²) in [6, 6.07) is 99.6. The molecule has 2 spiro atoms. The first-order chi connectivity index (χ1) is 37.2. The van der Waals surface area contributed by atoms with E-state index in [9.17, 15) is 0 Å². The predicted octanol–water partition coefficient (Wildman–Crippen LogP) is 17.0. The molecule has 0 aromatic heterocycles. The average Bonchev–Trinajstić information content (AvgIpc) is 4.07. The van der Waals surface area contributed by atoms with Crippen molar-refractivity contribution < 1.29 is 4.74 Å². The molecule has 11 aromatic rings. The summed E-state index contributed by atoms with van der Waals surface area (Å²) in [6.45, 7) is 0. The van der Waals surface area contributed by atoms with Gasteiger partial charge in [-0.05, 0) is 108 Å². The molecular weight excluding hydrogens is 909 g/mol. The second-order valence-electron chi connectivity index (χ2n) is 20.1. The Balaban J connectivity index is 0.895. The minimum Gasteiger partial charge on any atom is -0.457 e. The van der Waals surface area contributed by atoms with Crippen LogP contribution in [0, 0.1) is 0 Å². The summed E-state index contributed by atoms with van der Waals surface area (Å²) in [5, 5.41) is 3.86. The Bertz CT molecular complexity index is 4020. The first-order valence-corrected chi connectivity index (χ1v) is 26.0. The van der Waals surface area contributed by atoms with Crippen LogP contribution in [0.5, 0.6) is 11.5 Å². The zero-order valence-corrected chi connectivity index (χ0v) is 41.0. The van der Waals surface area contributed by atoms with Crippen molar-refractivity contribution in [1.29, 1.82) is 0 Å². The van der Waals surface area contributed by atoms with Gasteiger partial charge in [-0.3, -0.25) is 0 Å². The molecule has 352 valence electrons. The van der Waals surface area contributed by atoms with Crippen LogP contribution in [-0.2, 0) is 10.8 Å². The fourth-order valence-corrected chi connectivity index (χ4v) is 13.1. The Morgan fingerprint density at radius 3 is 1.28 bits per heavy atom. The number of ether oxygens (including phenoxy) is 1. The molecular formula is C72H48N2O. The maximum Gasteiger partial charge on any atom is 0.134 e. The Morgan fingerprint density at radius 1 is 0.307 bits per heavy atom. The van der Waals surface area contributed by atoms with E-state index < -0.39 is 10.8 Å². The van der Waals surface area contributed by atoms with Crippen molar-refractivity contribution >= 4 is 11.5 Å². The van der Waals surface area contributed by atoms with Crippen LogP contribution in [0.25, 0.3) is 50.2 Å². The van der Waals surface area contributed by atoms with E-state index in [1.807, 2.05) is 0 Å². The Kier molecular flexibility index (Phi) is 9.77. The summed E-state index contributed by atoms with van der Waals surface area (Å²) in [5.41, 5.74) is 22.5. The Morgan fingerprint density at radius 2 is 0.707 bits per heavy atom. The standard InChI is InChI=1S/C72H48N2O/c1-3-19-47(20-4-1)49-35-39-51(40-36-49)66-46-67(74-70(73-66)52-41-37-50(38-42-52)48-21-5-2-6-22-48)56-25-8-7-23-54(56)53-43-44-59-57(45-53)55-24-9-10-26-58(55)71(59)60-27-11-13-29-62(60)72(63-30-14-12-28-61(63)71)64-31-15-17-33-68(64)75-69-34-18-16-32-65(69)72/h1-46,66H,(H,73,74). The lowest BCUT2D eigenvalue weighted by Gasteiger charge is -2.51. The maximum atomic E-state index is 6.75. The number of hydrogen-bond donors (Lipinski definition) is 1. The van der Waals surface area contributed by atoms with Crippen LogP contribution in [0.2, 0.25) is 0 Å². The van der Waals surface area contributed by atoms with Crippen molar-refractivity contribution in [2.45, 2.75) is 16.9 Å². The summed E-state index contributed by atoms with van der Waals surface area (Å²) < 4.78 is 6.75. The number of aliphatic imine (C=N–C) groups is 1. The first-order valence-electron chi connectivity index (χ1n) is 26.0. The number of nitrogens with zero attached hydrogens (tertiary/aromatic N) is 1. The molecule has 75 heavy (non-hydrogen) atoms. The van der Waals surface area contributed by atoms with E-state index in [1.54, 1.807) is 0 Å². The molecule has 0 fully saturated rings. The van der Waals surface area contributed by atoms with Crippen LogP contribution in [-0.4, -0.2) is 5.84 Å². The van der Waals surface area contributed by atoms with Crippen LogP contribution in [0.1, 0.15) is 67.2 Å². The first kappa shape index (κ1) is 43.1. The molecule has 1 atom stereocenters. The second-order valence-corrected chi connectivity index (χ2v) is 20.1. The van der Waals surface area contributed by atoms with Crippen molar-refractivity contribution in [3.63, 3.8) is 0 Å². The summed E-state index contributed by atoms with van der Waals surface area (Å²) >= 11 is 0. The van der Waals surface area contributed by atoms with E-state index in [2.05, 4.69) is 284 Å². The molecule has 0 saturated heterocycles. The van der Waals surface area contributed by atoms with Gasteiger partial charge in [-0.25, -0.2) is 4.99 Å². The monoisotopic (exact) mass is 956 g/mol. The number of fused-ring (bicyclic) bond motifs is 15. The molecule has 4 aliphatic rings. The smallest absolute Gasteiger partial charge is 0.134 e. The van der Waals surface area contributed by atoms with E-state index in [0.29, 0.717) is 0 Å². The highest BCUT2D eigenvalue weighted by atomic mass is 16.5. The van der Waals surface area contributed by atoms with Gasteiger partial charge in [0.05, 0.1) is 22.6 Å². The van der Waals surface area contributed by atoms with E-state index in [1.165, 1.54) is 72.3 Å². The number of hydrogen-bond acceptors (Lipinski definition) is 3. The third-order valence-corrected chi connectivity index (χ3v) is 16.3. The van der Waals surface area contributed by atoms with Crippen molar-refractivity contribution in [3.05, 3.63) is 340 Å². The molecule has 3 heteroatoms. The quantitative estimate of drug-likeness (QED) is 0.180. The van der Waals surface area contributed by atoms with Gasteiger partial charge in [-0.2, -0.15) is 0 Å². The van der Waals surface area contributed by atoms with Crippen LogP contribution < -0.4 is 10.1 Å². The summed E-state index contributed by atoms with van der Waals surface area (Å²) in [5.74, 6) is 2.62. The number of benzene rings is 11.